The van der Waals surface area contributed by atoms with Gasteiger partial charge < -0.3 is 5.73 Å². The van der Waals surface area contributed by atoms with Crippen molar-refractivity contribution in [1.82, 2.24) is 9.97 Å². The number of nitrogens with zero attached hydrogens (tertiary/aromatic N) is 2. The average Bonchev–Trinajstić information content (AvgIpc) is 2.73. The summed E-state index contributed by atoms with van der Waals surface area (Å²) in [4.78, 5) is 8.62. The predicted molar refractivity (Wildman–Crippen MR) is 67.8 cm³/mol. The SMILES string of the molecule is CC(N)Cc1cnc(Sc2cccs2)nc1. The highest BCUT2D eigenvalue weighted by molar-refractivity contribution is 8.01. The van der Waals surface area contributed by atoms with E-state index in [1.807, 2.05) is 30.8 Å². The minimum Gasteiger partial charge on any atom is -0.328 e. The van der Waals surface area contributed by atoms with Crippen LogP contribution in [-0.2, 0) is 6.42 Å². The van der Waals surface area contributed by atoms with Crippen LogP contribution in [0.3, 0.4) is 0 Å². The topological polar surface area (TPSA) is 51.8 Å². The summed E-state index contributed by atoms with van der Waals surface area (Å²) in [6.07, 6.45) is 4.53. The number of aromatic nitrogens is 2. The second kappa shape index (κ2) is 5.43. The molecule has 84 valence electrons. The van der Waals surface area contributed by atoms with Gasteiger partial charge in [-0.05, 0) is 42.1 Å². The van der Waals surface area contributed by atoms with E-state index in [1.165, 1.54) is 4.21 Å². The molecule has 0 radical (unpaired) electrons. The largest absolute Gasteiger partial charge is 0.328 e. The van der Waals surface area contributed by atoms with Crippen molar-refractivity contribution in [2.24, 2.45) is 5.73 Å². The third-order valence-corrected chi connectivity index (χ3v) is 3.86. The molecular formula is C11H13N3S2. The van der Waals surface area contributed by atoms with E-state index in [1.54, 1.807) is 23.1 Å². The lowest BCUT2D eigenvalue weighted by molar-refractivity contribution is 0.727. The number of hydrogen-bond donors (Lipinski definition) is 1. The molecule has 2 N–H and O–H groups in total. The Bertz CT molecular complexity index is 423. The van der Waals surface area contributed by atoms with Crippen LogP contribution < -0.4 is 5.73 Å². The van der Waals surface area contributed by atoms with Crippen molar-refractivity contribution in [3.63, 3.8) is 0 Å². The van der Waals surface area contributed by atoms with Gasteiger partial charge in [0.25, 0.3) is 0 Å². The number of nitrogens with two attached hydrogens (primary N) is 1. The van der Waals surface area contributed by atoms with Gasteiger partial charge in [0.05, 0.1) is 4.21 Å². The molecule has 0 aliphatic carbocycles. The Morgan fingerprint density at radius 2 is 2.19 bits per heavy atom. The van der Waals surface area contributed by atoms with Gasteiger partial charge in [0.2, 0.25) is 0 Å². The highest BCUT2D eigenvalue weighted by Gasteiger charge is 2.03. The third kappa shape index (κ3) is 3.30. The Kier molecular flexibility index (Phi) is 3.93. The first-order valence-corrected chi connectivity index (χ1v) is 6.71. The predicted octanol–water partition coefficient (Wildman–Crippen LogP) is 2.58. The highest BCUT2D eigenvalue weighted by atomic mass is 32.2. The molecule has 2 aromatic rings. The van der Waals surface area contributed by atoms with E-state index >= 15 is 0 Å². The second-order valence-corrected chi connectivity index (χ2v) is 5.80. The van der Waals surface area contributed by atoms with Gasteiger partial charge in [-0.3, -0.25) is 0 Å². The van der Waals surface area contributed by atoms with Crippen LogP contribution in [-0.4, -0.2) is 16.0 Å². The average molecular weight is 251 g/mol. The Balaban J connectivity index is 2.02. The van der Waals surface area contributed by atoms with E-state index in [-0.39, 0.29) is 6.04 Å². The van der Waals surface area contributed by atoms with E-state index in [4.69, 9.17) is 5.73 Å². The zero-order valence-corrected chi connectivity index (χ0v) is 10.6. The molecule has 0 saturated heterocycles. The Hall–Kier alpha value is -0.910. The number of thiophene rings is 1. The van der Waals surface area contributed by atoms with Crippen LogP contribution in [0.15, 0.2) is 39.3 Å². The zero-order chi connectivity index (χ0) is 11.4. The van der Waals surface area contributed by atoms with E-state index < -0.39 is 0 Å². The molecule has 2 aromatic heterocycles. The quantitative estimate of drug-likeness (QED) is 0.849. The van der Waals surface area contributed by atoms with Crippen molar-refractivity contribution in [3.05, 3.63) is 35.5 Å². The van der Waals surface area contributed by atoms with E-state index in [0.29, 0.717) is 0 Å². The maximum Gasteiger partial charge on any atom is 0.193 e. The summed E-state index contributed by atoms with van der Waals surface area (Å²) in [6.45, 7) is 1.98. The monoisotopic (exact) mass is 251 g/mol. The van der Waals surface area contributed by atoms with E-state index in [2.05, 4.69) is 16.0 Å². The van der Waals surface area contributed by atoms with Crippen molar-refractivity contribution < 1.29 is 0 Å². The first-order chi connectivity index (χ1) is 7.74. The molecule has 1 unspecified atom stereocenters. The Labute approximate surface area is 103 Å². The highest BCUT2D eigenvalue weighted by Crippen LogP contribution is 2.28. The summed E-state index contributed by atoms with van der Waals surface area (Å²) < 4.78 is 1.21. The van der Waals surface area contributed by atoms with Gasteiger partial charge in [0.1, 0.15) is 0 Å². The van der Waals surface area contributed by atoms with Gasteiger partial charge in [-0.15, -0.1) is 11.3 Å². The molecule has 16 heavy (non-hydrogen) atoms. The standard InChI is InChI=1S/C11H13N3S2/c1-8(12)5-9-6-13-11(14-7-9)16-10-3-2-4-15-10/h2-4,6-8H,5,12H2,1H3. The van der Waals surface area contributed by atoms with Crippen molar-refractivity contribution in [2.75, 3.05) is 0 Å². The summed E-state index contributed by atoms with van der Waals surface area (Å²) in [6, 6.07) is 4.24. The molecule has 0 aromatic carbocycles. The van der Waals surface area contributed by atoms with Crippen molar-refractivity contribution >= 4 is 23.1 Å². The van der Waals surface area contributed by atoms with Crippen molar-refractivity contribution in [1.29, 1.82) is 0 Å². The van der Waals surface area contributed by atoms with Crippen LogP contribution in [0.2, 0.25) is 0 Å². The molecule has 2 heterocycles. The van der Waals surface area contributed by atoms with E-state index in [9.17, 15) is 0 Å². The van der Waals surface area contributed by atoms with Crippen LogP contribution in [0, 0.1) is 0 Å². The Morgan fingerprint density at radius 1 is 1.44 bits per heavy atom. The van der Waals surface area contributed by atoms with Crippen LogP contribution >= 0.6 is 23.1 Å². The lowest BCUT2D eigenvalue weighted by atomic mass is 10.1. The van der Waals surface area contributed by atoms with Gasteiger partial charge in [-0.1, -0.05) is 6.07 Å². The molecule has 2 rings (SSSR count). The van der Waals surface area contributed by atoms with Crippen molar-refractivity contribution in [3.8, 4) is 0 Å². The van der Waals surface area contributed by atoms with Gasteiger partial charge in [0, 0.05) is 18.4 Å². The molecule has 0 aliphatic heterocycles. The van der Waals surface area contributed by atoms with Gasteiger partial charge in [0.15, 0.2) is 5.16 Å². The second-order valence-electron chi connectivity index (χ2n) is 3.59. The maximum atomic E-state index is 5.71. The molecule has 0 fully saturated rings. The fraction of sp³-hybridized carbons (Fsp3) is 0.273. The van der Waals surface area contributed by atoms with Crippen LogP contribution in [0.25, 0.3) is 0 Å². The normalized spacial score (nSPS) is 12.6. The van der Waals surface area contributed by atoms with Gasteiger partial charge >= 0.3 is 0 Å². The van der Waals surface area contributed by atoms with Crippen LogP contribution in [0.4, 0.5) is 0 Å². The molecule has 0 amide bonds. The molecule has 0 bridgehead atoms. The molecule has 0 saturated carbocycles. The smallest absolute Gasteiger partial charge is 0.193 e. The minimum atomic E-state index is 0.152. The summed E-state index contributed by atoms with van der Waals surface area (Å²) in [5.74, 6) is 0. The fourth-order valence-electron chi connectivity index (χ4n) is 1.28. The number of rotatable bonds is 4. The fourth-order valence-corrected chi connectivity index (χ4v) is 2.85. The Morgan fingerprint density at radius 3 is 2.75 bits per heavy atom. The molecular weight excluding hydrogens is 238 g/mol. The van der Waals surface area contributed by atoms with Gasteiger partial charge in [-0.25, -0.2) is 9.97 Å². The maximum absolute atomic E-state index is 5.71. The molecule has 3 nitrogen and oxygen atoms in total. The van der Waals surface area contributed by atoms with Crippen LogP contribution in [0.1, 0.15) is 12.5 Å². The summed E-state index contributed by atoms with van der Waals surface area (Å²) in [5, 5.41) is 2.84. The minimum absolute atomic E-state index is 0.152. The lowest BCUT2D eigenvalue weighted by Gasteiger charge is -2.04. The summed E-state index contributed by atoms with van der Waals surface area (Å²) in [5.41, 5.74) is 6.80. The van der Waals surface area contributed by atoms with E-state index in [0.717, 1.165) is 17.1 Å². The molecule has 0 spiro atoms. The van der Waals surface area contributed by atoms with Crippen LogP contribution in [0.5, 0.6) is 0 Å². The summed E-state index contributed by atoms with van der Waals surface area (Å²) in [7, 11) is 0. The third-order valence-electron chi connectivity index (χ3n) is 1.93. The van der Waals surface area contributed by atoms with Gasteiger partial charge in [-0.2, -0.15) is 0 Å². The number of hydrogen-bond acceptors (Lipinski definition) is 5. The zero-order valence-electron chi connectivity index (χ0n) is 8.96. The first kappa shape index (κ1) is 11.6. The lowest BCUT2D eigenvalue weighted by Crippen LogP contribution is -2.17. The summed E-state index contributed by atoms with van der Waals surface area (Å²) >= 11 is 3.28. The molecule has 5 heteroatoms. The van der Waals surface area contributed by atoms with Crippen molar-refractivity contribution in [2.45, 2.75) is 28.8 Å². The first-order valence-electron chi connectivity index (χ1n) is 5.02. The molecule has 0 aliphatic rings. The molecule has 1 atom stereocenters.